The summed E-state index contributed by atoms with van der Waals surface area (Å²) in [6, 6.07) is 9.13. The molecular weight excluding hydrogens is 386 g/mol. The van der Waals surface area contributed by atoms with Crippen molar-refractivity contribution in [2.24, 2.45) is 5.41 Å². The van der Waals surface area contributed by atoms with Crippen molar-refractivity contribution in [1.29, 1.82) is 0 Å². The molecule has 29 heavy (non-hydrogen) atoms. The molecule has 3 aromatic heterocycles. The predicted molar refractivity (Wildman–Crippen MR) is 111 cm³/mol. The zero-order valence-electron chi connectivity index (χ0n) is 16.0. The Morgan fingerprint density at radius 2 is 1.86 bits per heavy atom. The topological polar surface area (TPSA) is 83.4 Å². The first-order valence-electron chi connectivity index (χ1n) is 9.82. The highest BCUT2D eigenvalue weighted by Gasteiger charge is 2.56. The van der Waals surface area contributed by atoms with Gasteiger partial charge in [-0.1, -0.05) is 17.7 Å². The number of sulfonamides is 1. The lowest BCUT2D eigenvalue weighted by atomic mass is 9.58. The summed E-state index contributed by atoms with van der Waals surface area (Å²) < 4.78 is 29.5. The van der Waals surface area contributed by atoms with Crippen molar-refractivity contribution in [2.75, 3.05) is 13.1 Å². The average Bonchev–Trinajstić information content (AvgIpc) is 3.25. The van der Waals surface area contributed by atoms with Gasteiger partial charge in [0.2, 0.25) is 10.0 Å². The van der Waals surface area contributed by atoms with Gasteiger partial charge in [0.1, 0.15) is 0 Å². The number of imidazole rings is 1. The highest BCUT2D eigenvalue weighted by molar-refractivity contribution is 7.89. The molecule has 150 valence electrons. The maximum Gasteiger partial charge on any atom is 0.243 e. The molecule has 1 aliphatic carbocycles. The number of rotatable bonds is 3. The Morgan fingerprint density at radius 3 is 2.62 bits per heavy atom. The van der Waals surface area contributed by atoms with Crippen LogP contribution in [0.5, 0.6) is 0 Å². The minimum Gasteiger partial charge on any atom is -0.345 e. The van der Waals surface area contributed by atoms with Crippen LogP contribution in [0.3, 0.4) is 0 Å². The van der Waals surface area contributed by atoms with Crippen LogP contribution in [0.2, 0.25) is 0 Å². The number of aromatic amines is 1. The standard InChI is InChI=1S/C21H21N5O2S.H2/c1-14-2-4-16(5-3-14)29(27,28)25-12-21(13-25)8-15(9-21)18-10-23-19-11-24-20-17(26(18)19)6-7-22-20;/h2-7,10-11,15,22H,8-9,12-13H2,1H3;1H. The fourth-order valence-corrected chi connectivity index (χ4v) is 6.63. The van der Waals surface area contributed by atoms with Gasteiger partial charge < -0.3 is 4.98 Å². The van der Waals surface area contributed by atoms with Crippen LogP contribution in [0.15, 0.2) is 53.8 Å². The van der Waals surface area contributed by atoms with E-state index in [-0.39, 0.29) is 6.84 Å². The van der Waals surface area contributed by atoms with E-state index < -0.39 is 10.0 Å². The molecule has 0 atom stereocenters. The van der Waals surface area contributed by atoms with Gasteiger partial charge in [0.05, 0.1) is 16.6 Å². The van der Waals surface area contributed by atoms with E-state index in [0.717, 1.165) is 35.2 Å². The van der Waals surface area contributed by atoms with Crippen LogP contribution in [-0.4, -0.2) is 45.2 Å². The fourth-order valence-electron chi connectivity index (χ4n) is 4.96. The fraction of sp³-hybridized carbons (Fsp3) is 0.333. The number of H-pyrrole nitrogens is 1. The Bertz CT molecular complexity index is 1350. The van der Waals surface area contributed by atoms with Gasteiger partial charge in [-0.15, -0.1) is 0 Å². The van der Waals surface area contributed by atoms with E-state index in [1.165, 1.54) is 5.69 Å². The van der Waals surface area contributed by atoms with E-state index in [0.29, 0.717) is 23.9 Å². The molecule has 7 nitrogen and oxygen atoms in total. The monoisotopic (exact) mass is 409 g/mol. The van der Waals surface area contributed by atoms with E-state index in [1.54, 1.807) is 22.6 Å². The van der Waals surface area contributed by atoms with Crippen molar-refractivity contribution in [2.45, 2.75) is 30.6 Å². The first-order valence-corrected chi connectivity index (χ1v) is 11.3. The zero-order chi connectivity index (χ0) is 19.8. The summed E-state index contributed by atoms with van der Waals surface area (Å²) in [5.41, 5.74) is 5.10. The SMILES string of the molecule is Cc1ccc(S(=O)(=O)N2CC3(CC(c4cnc5cnc6[nH]ccc6n45)C3)C2)cc1.[HH]. The normalized spacial score (nSPS) is 19.6. The molecule has 0 radical (unpaired) electrons. The van der Waals surface area contributed by atoms with Gasteiger partial charge in [0, 0.05) is 38.5 Å². The van der Waals surface area contributed by atoms with Gasteiger partial charge in [0.25, 0.3) is 0 Å². The number of hydrogen-bond donors (Lipinski definition) is 1. The van der Waals surface area contributed by atoms with E-state index >= 15 is 0 Å². The first kappa shape index (κ1) is 17.2. The number of nitrogens with zero attached hydrogens (tertiary/aromatic N) is 4. The predicted octanol–water partition coefficient (Wildman–Crippen LogP) is 3.33. The molecule has 1 aromatic carbocycles. The Kier molecular flexibility index (Phi) is 3.36. The third kappa shape index (κ3) is 2.42. The molecule has 1 aliphatic heterocycles. The molecule has 6 rings (SSSR count). The highest BCUT2D eigenvalue weighted by Crippen LogP contribution is 2.57. The number of nitrogens with one attached hydrogen (secondary N) is 1. The molecule has 4 aromatic rings. The summed E-state index contributed by atoms with van der Waals surface area (Å²) in [7, 11) is -3.39. The Morgan fingerprint density at radius 1 is 1.10 bits per heavy atom. The summed E-state index contributed by atoms with van der Waals surface area (Å²) in [4.78, 5) is 12.5. The Hall–Kier alpha value is -2.71. The molecule has 4 heterocycles. The van der Waals surface area contributed by atoms with E-state index in [1.807, 2.05) is 37.5 Å². The number of aryl methyl sites for hydroxylation is 1. The van der Waals surface area contributed by atoms with E-state index in [4.69, 9.17) is 0 Å². The third-order valence-corrected chi connectivity index (χ3v) is 8.34. The van der Waals surface area contributed by atoms with Crippen molar-refractivity contribution >= 4 is 26.8 Å². The highest BCUT2D eigenvalue weighted by atomic mass is 32.2. The summed E-state index contributed by atoms with van der Waals surface area (Å²) >= 11 is 0. The molecule has 1 N–H and O–H groups in total. The lowest BCUT2D eigenvalue weighted by Crippen LogP contribution is -2.63. The van der Waals surface area contributed by atoms with Crippen molar-refractivity contribution in [3.05, 3.63) is 60.2 Å². The minimum atomic E-state index is -3.39. The molecule has 2 fully saturated rings. The van der Waals surface area contributed by atoms with Crippen LogP contribution in [-0.2, 0) is 10.0 Å². The Balaban J connectivity index is 0.00000193. The van der Waals surface area contributed by atoms with Crippen molar-refractivity contribution in [3.63, 3.8) is 0 Å². The summed E-state index contributed by atoms with van der Waals surface area (Å²) in [6.45, 7) is 3.18. The average molecular weight is 410 g/mol. The van der Waals surface area contributed by atoms with Gasteiger partial charge in [0.15, 0.2) is 11.3 Å². The number of hydrogen-bond acceptors (Lipinski definition) is 4. The second-order valence-electron chi connectivity index (χ2n) is 8.54. The molecule has 1 spiro atoms. The number of fused-ring (bicyclic) bond motifs is 3. The molecular formula is C21H23N5O2S. The van der Waals surface area contributed by atoms with Crippen LogP contribution in [0, 0.1) is 12.3 Å². The molecule has 1 saturated carbocycles. The van der Waals surface area contributed by atoms with Crippen LogP contribution >= 0.6 is 0 Å². The molecule has 0 amide bonds. The van der Waals surface area contributed by atoms with E-state index in [9.17, 15) is 8.42 Å². The Labute approximate surface area is 169 Å². The third-order valence-electron chi connectivity index (χ3n) is 6.53. The van der Waals surface area contributed by atoms with Gasteiger partial charge in [-0.2, -0.15) is 4.31 Å². The molecule has 0 unspecified atom stereocenters. The summed E-state index contributed by atoms with van der Waals surface area (Å²) in [5.74, 6) is 0.398. The van der Waals surface area contributed by atoms with Crippen molar-refractivity contribution < 1.29 is 9.84 Å². The summed E-state index contributed by atoms with van der Waals surface area (Å²) in [6.07, 6.45) is 7.61. The second kappa shape index (κ2) is 5.67. The van der Waals surface area contributed by atoms with Crippen LogP contribution in [0.25, 0.3) is 16.8 Å². The quantitative estimate of drug-likeness (QED) is 0.563. The first-order chi connectivity index (χ1) is 14.0. The van der Waals surface area contributed by atoms with E-state index in [2.05, 4.69) is 19.4 Å². The molecule has 1 saturated heterocycles. The lowest BCUT2D eigenvalue weighted by molar-refractivity contribution is -0.0267. The molecule has 2 aliphatic rings. The molecule has 0 bridgehead atoms. The maximum absolute atomic E-state index is 12.9. The smallest absolute Gasteiger partial charge is 0.243 e. The van der Waals surface area contributed by atoms with Gasteiger partial charge in [-0.05, 0) is 43.4 Å². The van der Waals surface area contributed by atoms with Gasteiger partial charge in [-0.3, -0.25) is 4.40 Å². The largest absolute Gasteiger partial charge is 0.345 e. The van der Waals surface area contributed by atoms with Gasteiger partial charge >= 0.3 is 0 Å². The van der Waals surface area contributed by atoms with Crippen LogP contribution in [0.1, 0.15) is 31.4 Å². The maximum atomic E-state index is 12.9. The number of aromatic nitrogens is 4. The minimum absolute atomic E-state index is 0. The number of benzene rings is 1. The van der Waals surface area contributed by atoms with Crippen molar-refractivity contribution in [3.8, 4) is 0 Å². The van der Waals surface area contributed by atoms with Crippen LogP contribution < -0.4 is 0 Å². The zero-order valence-corrected chi connectivity index (χ0v) is 16.9. The summed E-state index contributed by atoms with van der Waals surface area (Å²) in [5, 5.41) is 0. The molecule has 8 heteroatoms. The van der Waals surface area contributed by atoms with Crippen LogP contribution in [0.4, 0.5) is 0 Å². The van der Waals surface area contributed by atoms with Crippen molar-refractivity contribution in [1.82, 2.24) is 23.7 Å². The van der Waals surface area contributed by atoms with Gasteiger partial charge in [-0.25, -0.2) is 18.4 Å². The lowest BCUT2D eigenvalue weighted by Gasteiger charge is -2.58. The second-order valence-corrected chi connectivity index (χ2v) is 10.5.